The first-order valence-electron chi connectivity index (χ1n) is 10.4. The molecule has 1 amide bonds. The van der Waals surface area contributed by atoms with Crippen molar-refractivity contribution in [3.63, 3.8) is 0 Å². The molecule has 1 heterocycles. The zero-order valence-electron chi connectivity index (χ0n) is 18.3. The molecule has 3 aromatic rings. The van der Waals surface area contributed by atoms with E-state index in [4.69, 9.17) is 13.9 Å². The van der Waals surface area contributed by atoms with Crippen LogP contribution in [0.1, 0.15) is 19.4 Å². The summed E-state index contributed by atoms with van der Waals surface area (Å²) in [6, 6.07) is 13.8. The number of amides is 1. The average Bonchev–Trinajstić information content (AvgIpc) is 2.78. The standard InChI is InChI=1S/C24H26N2O6/c1-4-26(5-2)18-8-6-17(7-9-18)25-22(27)14-31-24(29)15-30-19-10-11-20-16(3)12-23(28)32-21(20)13-19/h6-13H,4-5,14-15H2,1-3H3,(H,25,27). The largest absolute Gasteiger partial charge is 0.482 e. The van der Waals surface area contributed by atoms with E-state index in [-0.39, 0.29) is 6.61 Å². The number of carbonyl (C=O) groups is 2. The molecule has 0 saturated heterocycles. The van der Waals surface area contributed by atoms with Gasteiger partial charge in [0.15, 0.2) is 13.2 Å². The fourth-order valence-electron chi connectivity index (χ4n) is 3.27. The second kappa shape index (κ2) is 10.5. The zero-order valence-corrected chi connectivity index (χ0v) is 18.3. The third-order valence-corrected chi connectivity index (χ3v) is 4.92. The Balaban J connectivity index is 1.47. The molecule has 0 unspecified atom stereocenters. The molecular formula is C24H26N2O6. The highest BCUT2D eigenvalue weighted by molar-refractivity contribution is 5.93. The van der Waals surface area contributed by atoms with Gasteiger partial charge in [-0.2, -0.15) is 0 Å². The number of aryl methyl sites for hydroxylation is 1. The van der Waals surface area contributed by atoms with Crippen molar-refractivity contribution < 1.29 is 23.5 Å². The van der Waals surface area contributed by atoms with E-state index in [9.17, 15) is 14.4 Å². The maximum Gasteiger partial charge on any atom is 0.344 e. The Morgan fingerprint density at radius 1 is 1.00 bits per heavy atom. The summed E-state index contributed by atoms with van der Waals surface area (Å²) in [5, 5.41) is 3.47. The molecule has 2 aromatic carbocycles. The van der Waals surface area contributed by atoms with Gasteiger partial charge in [-0.3, -0.25) is 4.79 Å². The molecule has 0 spiro atoms. The third kappa shape index (κ3) is 5.87. The van der Waals surface area contributed by atoms with Gasteiger partial charge in [0.25, 0.3) is 5.91 Å². The van der Waals surface area contributed by atoms with Gasteiger partial charge in [0, 0.05) is 42.0 Å². The van der Waals surface area contributed by atoms with Crippen molar-refractivity contribution in [3.8, 4) is 5.75 Å². The van der Waals surface area contributed by atoms with E-state index >= 15 is 0 Å². The normalized spacial score (nSPS) is 10.6. The van der Waals surface area contributed by atoms with Crippen molar-refractivity contribution in [2.75, 3.05) is 36.5 Å². The van der Waals surface area contributed by atoms with Crippen LogP contribution in [0.4, 0.5) is 11.4 Å². The van der Waals surface area contributed by atoms with E-state index < -0.39 is 24.1 Å². The van der Waals surface area contributed by atoms with Crippen molar-refractivity contribution in [1.29, 1.82) is 0 Å². The van der Waals surface area contributed by atoms with Crippen LogP contribution < -0.4 is 20.6 Å². The highest BCUT2D eigenvalue weighted by Gasteiger charge is 2.11. The van der Waals surface area contributed by atoms with Crippen LogP contribution >= 0.6 is 0 Å². The minimum atomic E-state index is -0.692. The topological polar surface area (TPSA) is 98.1 Å². The summed E-state index contributed by atoms with van der Waals surface area (Å²) in [5.41, 5.74) is 2.38. The lowest BCUT2D eigenvalue weighted by atomic mass is 10.1. The van der Waals surface area contributed by atoms with Gasteiger partial charge in [-0.25, -0.2) is 9.59 Å². The summed E-state index contributed by atoms with van der Waals surface area (Å²) in [6.07, 6.45) is 0. The van der Waals surface area contributed by atoms with E-state index in [1.54, 1.807) is 24.3 Å². The van der Waals surface area contributed by atoms with Crippen LogP contribution in [0.25, 0.3) is 11.0 Å². The molecule has 1 N–H and O–H groups in total. The number of nitrogens with zero attached hydrogens (tertiary/aromatic N) is 1. The van der Waals surface area contributed by atoms with Gasteiger partial charge in [-0.15, -0.1) is 0 Å². The van der Waals surface area contributed by atoms with Crippen molar-refractivity contribution in [2.45, 2.75) is 20.8 Å². The van der Waals surface area contributed by atoms with Crippen LogP contribution in [0.2, 0.25) is 0 Å². The minimum absolute atomic E-state index is 0.348. The van der Waals surface area contributed by atoms with E-state index in [1.807, 2.05) is 19.1 Å². The first-order valence-corrected chi connectivity index (χ1v) is 10.4. The van der Waals surface area contributed by atoms with Crippen molar-refractivity contribution in [2.24, 2.45) is 0 Å². The van der Waals surface area contributed by atoms with Crippen molar-refractivity contribution in [3.05, 3.63) is 64.5 Å². The smallest absolute Gasteiger partial charge is 0.344 e. The summed E-state index contributed by atoms with van der Waals surface area (Å²) in [6.45, 7) is 6.95. The number of esters is 1. The number of benzene rings is 2. The first-order chi connectivity index (χ1) is 15.4. The van der Waals surface area contributed by atoms with Crippen LogP contribution in [0.15, 0.2) is 57.7 Å². The van der Waals surface area contributed by atoms with E-state index in [1.165, 1.54) is 12.1 Å². The average molecular weight is 438 g/mol. The number of rotatable bonds is 9. The molecule has 0 aliphatic carbocycles. The summed E-state index contributed by atoms with van der Waals surface area (Å²) in [7, 11) is 0. The van der Waals surface area contributed by atoms with Crippen molar-refractivity contribution >= 4 is 34.2 Å². The molecule has 0 aliphatic rings. The van der Waals surface area contributed by atoms with Gasteiger partial charge in [-0.05, 0) is 62.7 Å². The SMILES string of the molecule is CCN(CC)c1ccc(NC(=O)COC(=O)COc2ccc3c(C)cc(=O)oc3c2)cc1. The Hall–Kier alpha value is -3.81. The molecular weight excluding hydrogens is 412 g/mol. The van der Waals surface area contributed by atoms with Gasteiger partial charge in [0.1, 0.15) is 11.3 Å². The Morgan fingerprint density at radius 3 is 2.41 bits per heavy atom. The van der Waals surface area contributed by atoms with Gasteiger partial charge < -0.3 is 24.1 Å². The molecule has 0 radical (unpaired) electrons. The summed E-state index contributed by atoms with van der Waals surface area (Å²) >= 11 is 0. The lowest BCUT2D eigenvalue weighted by Crippen LogP contribution is -2.24. The number of ether oxygens (including phenoxy) is 2. The molecule has 8 heteroatoms. The maximum atomic E-state index is 12.1. The molecule has 0 aliphatic heterocycles. The molecule has 0 saturated carbocycles. The van der Waals surface area contributed by atoms with Crippen molar-refractivity contribution in [1.82, 2.24) is 0 Å². The number of hydrogen-bond acceptors (Lipinski definition) is 7. The van der Waals surface area contributed by atoms with Crippen LogP contribution in [0.5, 0.6) is 5.75 Å². The zero-order chi connectivity index (χ0) is 23.1. The number of fused-ring (bicyclic) bond motifs is 1. The Bertz CT molecular complexity index is 1150. The lowest BCUT2D eigenvalue weighted by molar-refractivity contribution is -0.149. The predicted molar refractivity (Wildman–Crippen MR) is 122 cm³/mol. The van der Waals surface area contributed by atoms with Gasteiger partial charge in [0.2, 0.25) is 0 Å². The van der Waals surface area contributed by atoms with Crippen LogP contribution in [0, 0.1) is 6.92 Å². The molecule has 1 aromatic heterocycles. The third-order valence-electron chi connectivity index (χ3n) is 4.92. The molecule has 0 bridgehead atoms. The molecule has 0 atom stereocenters. The second-order valence-electron chi connectivity index (χ2n) is 7.12. The molecule has 3 rings (SSSR count). The Morgan fingerprint density at radius 2 is 1.72 bits per heavy atom. The van der Waals surface area contributed by atoms with Gasteiger partial charge in [-0.1, -0.05) is 0 Å². The van der Waals surface area contributed by atoms with E-state index in [2.05, 4.69) is 24.1 Å². The monoisotopic (exact) mass is 438 g/mol. The molecule has 8 nitrogen and oxygen atoms in total. The van der Waals surface area contributed by atoms with E-state index in [0.29, 0.717) is 17.0 Å². The fraction of sp³-hybridized carbons (Fsp3) is 0.292. The fourth-order valence-corrected chi connectivity index (χ4v) is 3.27. The highest BCUT2D eigenvalue weighted by Crippen LogP contribution is 2.22. The van der Waals surface area contributed by atoms with Crippen LogP contribution in [0.3, 0.4) is 0 Å². The maximum absolute atomic E-state index is 12.1. The van der Waals surface area contributed by atoms with Crippen LogP contribution in [-0.4, -0.2) is 38.2 Å². The minimum Gasteiger partial charge on any atom is -0.482 e. The number of carbonyl (C=O) groups excluding carboxylic acids is 2. The molecule has 168 valence electrons. The van der Waals surface area contributed by atoms with E-state index in [0.717, 1.165) is 29.7 Å². The summed E-state index contributed by atoms with van der Waals surface area (Å²) < 4.78 is 15.5. The number of nitrogens with one attached hydrogen (secondary N) is 1. The second-order valence-corrected chi connectivity index (χ2v) is 7.12. The lowest BCUT2D eigenvalue weighted by Gasteiger charge is -2.21. The Labute approximate surface area is 185 Å². The first kappa shape index (κ1) is 22.9. The summed E-state index contributed by atoms with van der Waals surface area (Å²) in [5.74, 6) is -0.791. The predicted octanol–water partition coefficient (Wildman–Crippen LogP) is 3.51. The van der Waals surface area contributed by atoms with Crippen LogP contribution in [-0.2, 0) is 14.3 Å². The summed E-state index contributed by atoms with van der Waals surface area (Å²) in [4.78, 5) is 37.7. The molecule has 0 fully saturated rings. The van der Waals surface area contributed by atoms with Gasteiger partial charge in [0.05, 0.1) is 0 Å². The Kier molecular flexibility index (Phi) is 7.49. The number of hydrogen-bond donors (Lipinski definition) is 1. The highest BCUT2D eigenvalue weighted by atomic mass is 16.6. The molecule has 32 heavy (non-hydrogen) atoms. The quantitative estimate of drug-likeness (QED) is 0.403. The van der Waals surface area contributed by atoms with Gasteiger partial charge >= 0.3 is 11.6 Å². The number of anilines is 2.